The lowest BCUT2D eigenvalue weighted by Crippen LogP contribution is -2.40. The number of carbonyl (C=O) groups is 2. The number of urea groups is 1. The highest BCUT2D eigenvalue weighted by atomic mass is 19.4. The first-order valence-electron chi connectivity index (χ1n) is 13.1. The third-order valence-electron chi connectivity index (χ3n) is 7.80. The van der Waals surface area contributed by atoms with E-state index in [9.17, 15) is 31.5 Å². The third-order valence-corrected chi connectivity index (χ3v) is 7.80. The molecule has 3 aromatic rings. The SMILES string of the molecule is O=C(N[C@H](c1cn2ncc(CN3C[C@@H](C(F)(F)F)NC3=O)cc2n1)C1CCC(F)(F)CC1)c1conc1C1CC1. The van der Waals surface area contributed by atoms with E-state index in [1.54, 1.807) is 12.3 Å². The number of nitrogens with zero attached hydrogens (tertiary/aromatic N) is 5. The van der Waals surface area contributed by atoms with Gasteiger partial charge in [-0.25, -0.2) is 23.1 Å². The van der Waals surface area contributed by atoms with Crippen molar-refractivity contribution in [3.63, 3.8) is 0 Å². The second kappa shape index (κ2) is 9.70. The lowest BCUT2D eigenvalue weighted by Gasteiger charge is -2.33. The number of amides is 3. The van der Waals surface area contributed by atoms with Crippen LogP contribution in [0.4, 0.5) is 26.7 Å². The van der Waals surface area contributed by atoms with Gasteiger partial charge >= 0.3 is 12.2 Å². The monoisotopic (exact) mass is 567 g/mol. The largest absolute Gasteiger partial charge is 0.410 e. The van der Waals surface area contributed by atoms with Crippen molar-refractivity contribution in [2.45, 2.75) is 75.2 Å². The zero-order valence-corrected chi connectivity index (χ0v) is 21.1. The van der Waals surface area contributed by atoms with Crippen LogP contribution in [0.5, 0.6) is 0 Å². The maximum Gasteiger partial charge on any atom is 0.410 e. The van der Waals surface area contributed by atoms with Crippen LogP contribution < -0.4 is 10.6 Å². The number of nitrogens with one attached hydrogen (secondary N) is 2. The molecule has 6 rings (SSSR count). The first-order valence-corrected chi connectivity index (χ1v) is 13.1. The lowest BCUT2D eigenvalue weighted by atomic mass is 9.81. The molecule has 2 N–H and O–H groups in total. The molecular formula is C25H26F5N7O3. The highest BCUT2D eigenvalue weighted by Crippen LogP contribution is 2.43. The second-order valence-electron chi connectivity index (χ2n) is 10.8. The number of rotatable bonds is 7. The number of carbonyl (C=O) groups excluding carboxylic acids is 2. The van der Waals surface area contributed by atoms with Gasteiger partial charge in [-0.05, 0) is 43.2 Å². The molecule has 40 heavy (non-hydrogen) atoms. The summed E-state index contributed by atoms with van der Waals surface area (Å²) in [4.78, 5) is 31.0. The van der Waals surface area contributed by atoms with Gasteiger partial charge in [0.15, 0.2) is 5.65 Å². The van der Waals surface area contributed by atoms with Crippen molar-refractivity contribution in [3.8, 4) is 0 Å². The third kappa shape index (κ3) is 5.32. The van der Waals surface area contributed by atoms with Crippen LogP contribution in [0.3, 0.4) is 0 Å². The fraction of sp³-hybridized carbons (Fsp3) is 0.560. The molecule has 3 fully saturated rings. The number of fused-ring (bicyclic) bond motifs is 1. The van der Waals surface area contributed by atoms with Crippen LogP contribution in [0.1, 0.15) is 77.8 Å². The highest BCUT2D eigenvalue weighted by molar-refractivity contribution is 5.95. The van der Waals surface area contributed by atoms with Gasteiger partial charge in [-0.3, -0.25) is 4.79 Å². The quantitative estimate of drug-likeness (QED) is 0.410. The molecular weight excluding hydrogens is 541 g/mol. The van der Waals surface area contributed by atoms with E-state index in [2.05, 4.69) is 20.6 Å². The van der Waals surface area contributed by atoms with E-state index in [-0.39, 0.29) is 44.1 Å². The molecule has 3 amide bonds. The Hall–Kier alpha value is -3.78. The number of hydrogen-bond donors (Lipinski definition) is 2. The molecule has 1 saturated heterocycles. The predicted octanol–water partition coefficient (Wildman–Crippen LogP) is 4.35. The summed E-state index contributed by atoms with van der Waals surface area (Å²) in [7, 11) is 0. The molecule has 2 saturated carbocycles. The van der Waals surface area contributed by atoms with Gasteiger partial charge in [0, 0.05) is 25.3 Å². The van der Waals surface area contributed by atoms with Gasteiger partial charge in [0.1, 0.15) is 17.9 Å². The molecule has 0 radical (unpaired) electrons. The summed E-state index contributed by atoms with van der Waals surface area (Å²) in [6.45, 7) is -0.640. The van der Waals surface area contributed by atoms with E-state index in [0.717, 1.165) is 17.7 Å². The minimum absolute atomic E-state index is 0.112. The maximum atomic E-state index is 13.9. The molecule has 214 valence electrons. The van der Waals surface area contributed by atoms with Gasteiger partial charge in [0.05, 0.1) is 36.4 Å². The van der Waals surface area contributed by atoms with E-state index in [4.69, 9.17) is 4.52 Å². The normalized spacial score (nSPS) is 22.5. The van der Waals surface area contributed by atoms with Gasteiger partial charge in [0.25, 0.3) is 5.91 Å². The fourth-order valence-electron chi connectivity index (χ4n) is 5.42. The number of aromatic nitrogens is 4. The molecule has 0 unspecified atom stereocenters. The van der Waals surface area contributed by atoms with Gasteiger partial charge in [-0.15, -0.1) is 0 Å². The lowest BCUT2D eigenvalue weighted by molar-refractivity contribution is -0.149. The molecule has 0 aromatic carbocycles. The van der Waals surface area contributed by atoms with Crippen LogP contribution in [0.25, 0.3) is 5.65 Å². The fourth-order valence-corrected chi connectivity index (χ4v) is 5.42. The van der Waals surface area contributed by atoms with Crippen molar-refractivity contribution < 1.29 is 36.1 Å². The Kier molecular flexibility index (Phi) is 6.41. The van der Waals surface area contributed by atoms with Crippen molar-refractivity contribution in [3.05, 3.63) is 47.2 Å². The van der Waals surface area contributed by atoms with Crippen molar-refractivity contribution >= 4 is 17.6 Å². The number of halogens is 5. The second-order valence-corrected chi connectivity index (χ2v) is 10.8. The molecule has 0 bridgehead atoms. The Morgan fingerprint density at radius 2 is 1.98 bits per heavy atom. The Balaban J connectivity index is 1.24. The number of imidazole rings is 1. The summed E-state index contributed by atoms with van der Waals surface area (Å²) < 4.78 is 73.4. The van der Waals surface area contributed by atoms with E-state index in [1.807, 2.05) is 5.32 Å². The summed E-state index contributed by atoms with van der Waals surface area (Å²) in [6, 6.07) is -1.90. The van der Waals surface area contributed by atoms with Crippen LogP contribution in [0, 0.1) is 5.92 Å². The van der Waals surface area contributed by atoms with E-state index < -0.39 is 42.7 Å². The molecule has 2 atom stereocenters. The van der Waals surface area contributed by atoms with Crippen molar-refractivity contribution in [2.24, 2.45) is 5.92 Å². The molecule has 10 nitrogen and oxygen atoms in total. The molecule has 3 aromatic heterocycles. The van der Waals surface area contributed by atoms with Crippen LogP contribution in [-0.2, 0) is 6.54 Å². The summed E-state index contributed by atoms with van der Waals surface area (Å²) in [5.41, 5.74) is 2.08. The van der Waals surface area contributed by atoms with Gasteiger partial charge in [0.2, 0.25) is 5.92 Å². The van der Waals surface area contributed by atoms with E-state index in [1.165, 1.54) is 17.0 Å². The maximum absolute atomic E-state index is 13.9. The van der Waals surface area contributed by atoms with Gasteiger partial charge < -0.3 is 20.1 Å². The predicted molar refractivity (Wildman–Crippen MR) is 127 cm³/mol. The van der Waals surface area contributed by atoms with Crippen LogP contribution in [0.15, 0.2) is 29.2 Å². The topological polar surface area (TPSA) is 118 Å². The summed E-state index contributed by atoms with van der Waals surface area (Å²) in [5.74, 6) is -3.35. The van der Waals surface area contributed by atoms with E-state index >= 15 is 0 Å². The average molecular weight is 568 g/mol. The molecule has 15 heteroatoms. The zero-order chi connectivity index (χ0) is 28.2. The smallest absolute Gasteiger partial charge is 0.364 e. The van der Waals surface area contributed by atoms with Crippen LogP contribution in [-0.4, -0.2) is 61.3 Å². The van der Waals surface area contributed by atoms with Crippen LogP contribution >= 0.6 is 0 Å². The molecule has 3 aliphatic rings. The van der Waals surface area contributed by atoms with Crippen molar-refractivity contribution in [2.75, 3.05) is 6.54 Å². The number of hydrogen-bond acceptors (Lipinski definition) is 6. The Labute approximate surface area is 224 Å². The Morgan fingerprint density at radius 1 is 1.23 bits per heavy atom. The van der Waals surface area contributed by atoms with Gasteiger partial charge in [-0.2, -0.15) is 18.3 Å². The van der Waals surface area contributed by atoms with Crippen molar-refractivity contribution in [1.82, 2.24) is 35.3 Å². The molecule has 0 spiro atoms. The van der Waals surface area contributed by atoms with Crippen molar-refractivity contribution in [1.29, 1.82) is 0 Å². The summed E-state index contributed by atoms with van der Waals surface area (Å²) in [6.07, 6.45) is 1.28. The number of alkyl halides is 5. The average Bonchev–Trinajstić information content (AvgIpc) is 3.28. The standard InChI is InChI=1S/C25H26F5N7O3/c26-24(27)5-3-15(4-6-24)21(34-22(38)16-12-40-35-20(16)14-1-2-14)17-10-37-19(32-17)7-13(8-31-37)9-36-11-18(25(28,29)30)33-23(36)39/h7-8,10,12,14-15,18,21H,1-6,9,11H2,(H,33,39)(H,34,38)/t18-,21-/m0/s1. The van der Waals surface area contributed by atoms with Gasteiger partial charge in [-0.1, -0.05) is 5.16 Å². The Bertz CT molecular complexity index is 1420. The molecule has 2 aliphatic carbocycles. The Morgan fingerprint density at radius 3 is 2.65 bits per heavy atom. The minimum Gasteiger partial charge on any atom is -0.364 e. The minimum atomic E-state index is -4.56. The first-order chi connectivity index (χ1) is 19.0. The van der Waals surface area contributed by atoms with Crippen LogP contribution in [0.2, 0.25) is 0 Å². The summed E-state index contributed by atoms with van der Waals surface area (Å²) in [5, 5.41) is 13.1. The summed E-state index contributed by atoms with van der Waals surface area (Å²) >= 11 is 0. The van der Waals surface area contributed by atoms with E-state index in [0.29, 0.717) is 28.2 Å². The highest BCUT2D eigenvalue weighted by Gasteiger charge is 2.47. The molecule has 4 heterocycles. The zero-order valence-electron chi connectivity index (χ0n) is 21.1. The molecule has 1 aliphatic heterocycles. The first kappa shape index (κ1) is 26.4.